The van der Waals surface area contributed by atoms with E-state index in [4.69, 9.17) is 10.8 Å². The van der Waals surface area contributed by atoms with Gasteiger partial charge in [0.2, 0.25) is 17.7 Å². The van der Waals surface area contributed by atoms with Gasteiger partial charge in [0.05, 0.1) is 6.04 Å². The Kier molecular flexibility index (Phi) is 13.0. The maximum Gasteiger partial charge on any atom is 0.327 e. The summed E-state index contributed by atoms with van der Waals surface area (Å²) >= 11 is 7.92. The number of carbonyl (C=O) groups excluding carboxylic acids is 3. The predicted octanol–water partition coefficient (Wildman–Crippen LogP) is -0.195. The van der Waals surface area contributed by atoms with Crippen LogP contribution in [0.4, 0.5) is 0 Å². The molecule has 0 spiro atoms. The molecule has 0 aromatic heterocycles. The zero-order valence-corrected chi connectivity index (χ0v) is 19.1. The summed E-state index contributed by atoms with van der Waals surface area (Å²) < 4.78 is 0. The fraction of sp³-hybridized carbons (Fsp3) is 0.778. The number of carboxylic acids is 1. The van der Waals surface area contributed by atoms with Crippen molar-refractivity contribution >= 4 is 48.9 Å². The van der Waals surface area contributed by atoms with Gasteiger partial charge in [0.25, 0.3) is 0 Å². The minimum absolute atomic E-state index is 0.0552. The number of hydrogen-bond donors (Lipinski definition) is 7. The first kappa shape index (κ1) is 27.5. The van der Waals surface area contributed by atoms with Gasteiger partial charge in [-0.2, -0.15) is 25.3 Å². The minimum atomic E-state index is -1.21. The van der Waals surface area contributed by atoms with Gasteiger partial charge in [0.15, 0.2) is 0 Å². The predicted molar refractivity (Wildman–Crippen MR) is 118 cm³/mol. The summed E-state index contributed by atoms with van der Waals surface area (Å²) in [5.74, 6) is -2.99. The zero-order valence-electron chi connectivity index (χ0n) is 17.3. The van der Waals surface area contributed by atoms with E-state index in [2.05, 4.69) is 41.2 Å². The van der Waals surface area contributed by atoms with Crippen LogP contribution in [0.15, 0.2) is 0 Å². The molecule has 0 aliphatic rings. The van der Waals surface area contributed by atoms with E-state index < -0.39 is 47.9 Å². The van der Waals surface area contributed by atoms with Crippen molar-refractivity contribution < 1.29 is 24.3 Å². The first-order valence-electron chi connectivity index (χ1n) is 9.59. The Morgan fingerprint density at radius 1 is 0.897 bits per heavy atom. The lowest BCUT2D eigenvalue weighted by Crippen LogP contribution is -2.59. The Morgan fingerprint density at radius 2 is 1.45 bits per heavy atom. The lowest BCUT2D eigenvalue weighted by atomic mass is 9.96. The van der Waals surface area contributed by atoms with Gasteiger partial charge in [-0.15, -0.1) is 0 Å². The molecule has 3 amide bonds. The third-order valence-corrected chi connectivity index (χ3v) is 5.22. The van der Waals surface area contributed by atoms with Gasteiger partial charge in [-0.3, -0.25) is 14.4 Å². The molecule has 0 fully saturated rings. The summed E-state index contributed by atoms with van der Waals surface area (Å²) in [4.78, 5) is 48.8. The molecule has 0 aliphatic carbocycles. The van der Waals surface area contributed by atoms with E-state index in [1.165, 1.54) is 0 Å². The van der Waals surface area contributed by atoms with Crippen LogP contribution in [0, 0.1) is 11.8 Å². The van der Waals surface area contributed by atoms with Crippen molar-refractivity contribution in [3.05, 3.63) is 0 Å². The zero-order chi connectivity index (χ0) is 22.7. The van der Waals surface area contributed by atoms with E-state index in [0.29, 0.717) is 12.8 Å². The molecule has 0 bridgehead atoms. The SMILES string of the molecule is CCC(C)C(NC(=O)C(N)CS)C(=O)NC(CC(C)C)C(=O)NC(CS)C(=O)O. The summed E-state index contributed by atoms with van der Waals surface area (Å²) in [5.41, 5.74) is 5.67. The Balaban J connectivity index is 5.43. The Bertz CT molecular complexity index is 576. The van der Waals surface area contributed by atoms with Gasteiger partial charge in [0, 0.05) is 11.5 Å². The van der Waals surface area contributed by atoms with Crippen molar-refractivity contribution in [3.63, 3.8) is 0 Å². The van der Waals surface area contributed by atoms with Crippen LogP contribution in [0.25, 0.3) is 0 Å². The number of thiol groups is 2. The second kappa shape index (κ2) is 13.7. The van der Waals surface area contributed by atoms with Crippen LogP contribution in [0.2, 0.25) is 0 Å². The van der Waals surface area contributed by atoms with Crippen LogP contribution >= 0.6 is 25.3 Å². The highest BCUT2D eigenvalue weighted by Gasteiger charge is 2.32. The fourth-order valence-electron chi connectivity index (χ4n) is 2.47. The lowest BCUT2D eigenvalue weighted by Gasteiger charge is -2.28. The van der Waals surface area contributed by atoms with Crippen LogP contribution < -0.4 is 21.7 Å². The molecule has 0 heterocycles. The molecule has 0 saturated heterocycles. The second-order valence-corrected chi connectivity index (χ2v) is 8.16. The number of amides is 3. The summed E-state index contributed by atoms with van der Waals surface area (Å²) in [5, 5.41) is 16.8. The first-order valence-corrected chi connectivity index (χ1v) is 10.9. The van der Waals surface area contributed by atoms with E-state index in [0.717, 1.165) is 0 Å². The number of hydrogen-bond acceptors (Lipinski definition) is 7. The number of nitrogens with one attached hydrogen (secondary N) is 3. The molecule has 6 N–H and O–H groups in total. The Hall–Kier alpha value is -1.46. The summed E-state index contributed by atoms with van der Waals surface area (Å²) in [6, 6.07) is -3.87. The van der Waals surface area contributed by atoms with E-state index in [-0.39, 0.29) is 23.3 Å². The van der Waals surface area contributed by atoms with E-state index in [1.807, 2.05) is 20.8 Å². The third kappa shape index (κ3) is 9.72. The van der Waals surface area contributed by atoms with Crippen molar-refractivity contribution in [1.29, 1.82) is 0 Å². The molecule has 0 aromatic rings. The molecule has 0 radical (unpaired) electrons. The lowest BCUT2D eigenvalue weighted by molar-refractivity contribution is -0.141. The number of nitrogens with two attached hydrogens (primary N) is 1. The average Bonchev–Trinajstić information content (AvgIpc) is 2.66. The van der Waals surface area contributed by atoms with Crippen LogP contribution in [0.3, 0.4) is 0 Å². The van der Waals surface area contributed by atoms with Crippen molar-refractivity contribution in [2.75, 3.05) is 11.5 Å². The third-order valence-electron chi connectivity index (χ3n) is 4.46. The molecule has 0 saturated carbocycles. The summed E-state index contributed by atoms with van der Waals surface area (Å²) in [6.45, 7) is 7.42. The molecule has 5 atom stereocenters. The maximum absolute atomic E-state index is 12.9. The number of carbonyl (C=O) groups is 4. The molecule has 11 heteroatoms. The molecule has 0 rings (SSSR count). The quantitative estimate of drug-likeness (QED) is 0.193. The molecule has 9 nitrogen and oxygen atoms in total. The maximum atomic E-state index is 12.9. The Morgan fingerprint density at radius 3 is 1.86 bits per heavy atom. The van der Waals surface area contributed by atoms with Gasteiger partial charge in [-0.1, -0.05) is 34.1 Å². The highest BCUT2D eigenvalue weighted by molar-refractivity contribution is 7.80. The molecule has 29 heavy (non-hydrogen) atoms. The fourth-order valence-corrected chi connectivity index (χ4v) is 2.88. The van der Waals surface area contributed by atoms with Crippen LogP contribution in [0.1, 0.15) is 40.5 Å². The molecular weight excluding hydrogens is 416 g/mol. The van der Waals surface area contributed by atoms with Gasteiger partial charge < -0.3 is 26.8 Å². The van der Waals surface area contributed by atoms with Crippen molar-refractivity contribution in [3.8, 4) is 0 Å². The van der Waals surface area contributed by atoms with Gasteiger partial charge in [-0.25, -0.2) is 4.79 Å². The van der Waals surface area contributed by atoms with Gasteiger partial charge in [-0.05, 0) is 18.3 Å². The van der Waals surface area contributed by atoms with Crippen molar-refractivity contribution in [2.45, 2.75) is 64.7 Å². The van der Waals surface area contributed by atoms with Crippen molar-refractivity contribution in [1.82, 2.24) is 16.0 Å². The Labute approximate surface area is 183 Å². The topological polar surface area (TPSA) is 151 Å². The van der Waals surface area contributed by atoms with Crippen molar-refractivity contribution in [2.24, 2.45) is 17.6 Å². The summed E-state index contributed by atoms with van der Waals surface area (Å²) in [6.07, 6.45) is 0.907. The van der Waals surface area contributed by atoms with Gasteiger partial charge in [0.1, 0.15) is 18.1 Å². The normalized spacial score (nSPS) is 16.3. The molecule has 0 aliphatic heterocycles. The number of carboxylic acid groups (broad SMARTS) is 1. The first-order chi connectivity index (χ1) is 13.5. The van der Waals surface area contributed by atoms with Crippen LogP contribution in [0.5, 0.6) is 0 Å². The van der Waals surface area contributed by atoms with E-state index in [1.54, 1.807) is 6.92 Å². The minimum Gasteiger partial charge on any atom is -0.480 e. The molecular formula is C18H34N4O5S2. The average molecular weight is 451 g/mol. The number of rotatable bonds is 13. The molecule has 0 aromatic carbocycles. The standard InChI is InChI=1S/C18H34N4O5S2/c1-5-10(4)14(22-15(23)11(19)7-28)17(25)20-12(6-9(2)3)16(24)21-13(8-29)18(26)27/h9-14,28-29H,5-8,19H2,1-4H3,(H,20,25)(H,21,24)(H,22,23)(H,26,27). The monoisotopic (exact) mass is 450 g/mol. The van der Waals surface area contributed by atoms with Gasteiger partial charge >= 0.3 is 5.97 Å². The second-order valence-electron chi connectivity index (χ2n) is 7.43. The highest BCUT2D eigenvalue weighted by Crippen LogP contribution is 2.11. The van der Waals surface area contributed by atoms with Crippen LogP contribution in [-0.4, -0.2) is 64.5 Å². The number of aliphatic carboxylic acids is 1. The summed E-state index contributed by atoms with van der Waals surface area (Å²) in [7, 11) is 0. The van der Waals surface area contributed by atoms with E-state index in [9.17, 15) is 19.2 Å². The van der Waals surface area contributed by atoms with E-state index >= 15 is 0 Å². The van der Waals surface area contributed by atoms with Crippen LogP contribution in [-0.2, 0) is 19.2 Å². The smallest absolute Gasteiger partial charge is 0.327 e. The molecule has 5 unspecified atom stereocenters. The highest BCUT2D eigenvalue weighted by atomic mass is 32.1. The molecule has 168 valence electrons. The largest absolute Gasteiger partial charge is 0.480 e.